The van der Waals surface area contributed by atoms with Gasteiger partial charge in [0.15, 0.2) is 0 Å². The highest BCUT2D eigenvalue weighted by atomic mass is 16.3. The third kappa shape index (κ3) is 3.64. The quantitative estimate of drug-likeness (QED) is 0.664. The Morgan fingerprint density at radius 1 is 1.67 bits per heavy atom. The van der Waals surface area contributed by atoms with Crippen LogP contribution < -0.4 is 5.32 Å². The van der Waals surface area contributed by atoms with Gasteiger partial charge in [-0.1, -0.05) is 20.3 Å². The highest BCUT2D eigenvalue weighted by molar-refractivity contribution is 4.88. The second kappa shape index (κ2) is 5.28. The number of aromatic nitrogens is 2. The van der Waals surface area contributed by atoms with E-state index in [2.05, 4.69) is 29.1 Å². The summed E-state index contributed by atoms with van der Waals surface area (Å²) < 4.78 is 0. The SMILES string of the molecule is CCC(C)C(C)(O)CNCc1ncc[nH]1. The topological polar surface area (TPSA) is 60.9 Å². The second-order valence-corrected chi connectivity index (χ2v) is 4.31. The average molecular weight is 211 g/mol. The summed E-state index contributed by atoms with van der Waals surface area (Å²) in [7, 11) is 0. The van der Waals surface area contributed by atoms with Gasteiger partial charge in [-0.05, 0) is 12.8 Å². The summed E-state index contributed by atoms with van der Waals surface area (Å²) in [5, 5.41) is 13.3. The maximum Gasteiger partial charge on any atom is 0.120 e. The van der Waals surface area contributed by atoms with Crippen LogP contribution in [0.2, 0.25) is 0 Å². The van der Waals surface area contributed by atoms with Crippen LogP contribution in [0, 0.1) is 5.92 Å². The molecule has 4 nitrogen and oxygen atoms in total. The van der Waals surface area contributed by atoms with E-state index < -0.39 is 5.60 Å². The third-order valence-electron chi connectivity index (χ3n) is 3.00. The fraction of sp³-hybridized carbons (Fsp3) is 0.727. The number of aromatic amines is 1. The molecule has 1 aromatic heterocycles. The van der Waals surface area contributed by atoms with Gasteiger partial charge in [0.1, 0.15) is 5.82 Å². The first-order chi connectivity index (χ1) is 7.06. The molecule has 4 heteroatoms. The minimum absolute atomic E-state index is 0.293. The van der Waals surface area contributed by atoms with E-state index in [4.69, 9.17) is 0 Å². The predicted molar refractivity (Wildman–Crippen MR) is 60.4 cm³/mol. The van der Waals surface area contributed by atoms with E-state index in [-0.39, 0.29) is 0 Å². The van der Waals surface area contributed by atoms with Crippen molar-refractivity contribution in [3.8, 4) is 0 Å². The van der Waals surface area contributed by atoms with Gasteiger partial charge in [0.05, 0.1) is 12.1 Å². The zero-order chi connectivity index (χ0) is 11.3. The highest BCUT2D eigenvalue weighted by Gasteiger charge is 2.26. The molecule has 0 saturated heterocycles. The lowest BCUT2D eigenvalue weighted by Crippen LogP contribution is -2.42. The lowest BCUT2D eigenvalue weighted by atomic mass is 9.89. The summed E-state index contributed by atoms with van der Waals surface area (Å²) in [5.41, 5.74) is -0.651. The van der Waals surface area contributed by atoms with Crippen LogP contribution in [0.25, 0.3) is 0 Å². The Morgan fingerprint density at radius 3 is 2.93 bits per heavy atom. The monoisotopic (exact) mass is 211 g/mol. The van der Waals surface area contributed by atoms with Crippen LogP contribution in [0.15, 0.2) is 12.4 Å². The minimum Gasteiger partial charge on any atom is -0.389 e. The van der Waals surface area contributed by atoms with E-state index in [9.17, 15) is 5.11 Å². The van der Waals surface area contributed by atoms with Crippen molar-refractivity contribution in [1.82, 2.24) is 15.3 Å². The Labute approximate surface area is 91.1 Å². The number of hydrogen-bond donors (Lipinski definition) is 3. The van der Waals surface area contributed by atoms with Gasteiger partial charge in [-0.25, -0.2) is 4.98 Å². The Balaban J connectivity index is 2.30. The smallest absolute Gasteiger partial charge is 0.120 e. The number of H-pyrrole nitrogens is 1. The number of nitrogens with zero attached hydrogens (tertiary/aromatic N) is 1. The summed E-state index contributed by atoms with van der Waals surface area (Å²) in [6.07, 6.45) is 4.50. The lowest BCUT2D eigenvalue weighted by Gasteiger charge is -2.29. The van der Waals surface area contributed by atoms with Crippen molar-refractivity contribution in [1.29, 1.82) is 0 Å². The van der Waals surface area contributed by atoms with Gasteiger partial charge in [0.25, 0.3) is 0 Å². The van der Waals surface area contributed by atoms with Gasteiger partial charge in [0, 0.05) is 18.9 Å². The van der Waals surface area contributed by atoms with Crippen LogP contribution in [0.4, 0.5) is 0 Å². The first-order valence-corrected chi connectivity index (χ1v) is 5.47. The van der Waals surface area contributed by atoms with Crippen LogP contribution in [0.3, 0.4) is 0 Å². The summed E-state index contributed by atoms with van der Waals surface area (Å²) in [6.45, 7) is 7.28. The molecular formula is C11H21N3O. The molecule has 0 aliphatic heterocycles. The summed E-state index contributed by atoms with van der Waals surface area (Å²) in [4.78, 5) is 7.11. The summed E-state index contributed by atoms with van der Waals surface area (Å²) in [6, 6.07) is 0. The molecule has 0 amide bonds. The van der Waals surface area contributed by atoms with Crippen LogP contribution in [0.1, 0.15) is 33.0 Å². The minimum atomic E-state index is -0.651. The van der Waals surface area contributed by atoms with Gasteiger partial charge >= 0.3 is 0 Å². The average Bonchev–Trinajstić information content (AvgIpc) is 2.69. The normalized spacial score (nSPS) is 17.3. The predicted octanol–water partition coefficient (Wildman–Crippen LogP) is 1.30. The zero-order valence-electron chi connectivity index (χ0n) is 9.75. The highest BCUT2D eigenvalue weighted by Crippen LogP contribution is 2.18. The molecule has 2 unspecified atom stereocenters. The van der Waals surface area contributed by atoms with Crippen molar-refractivity contribution in [3.05, 3.63) is 18.2 Å². The van der Waals surface area contributed by atoms with Crippen molar-refractivity contribution in [2.45, 2.75) is 39.3 Å². The van der Waals surface area contributed by atoms with E-state index in [1.807, 2.05) is 6.92 Å². The van der Waals surface area contributed by atoms with Crippen molar-refractivity contribution in [2.75, 3.05) is 6.54 Å². The fourth-order valence-electron chi connectivity index (χ4n) is 1.44. The summed E-state index contributed by atoms with van der Waals surface area (Å²) >= 11 is 0. The molecule has 0 aliphatic rings. The van der Waals surface area contributed by atoms with Gasteiger partial charge in [0.2, 0.25) is 0 Å². The van der Waals surface area contributed by atoms with Crippen molar-refractivity contribution in [2.24, 2.45) is 5.92 Å². The fourth-order valence-corrected chi connectivity index (χ4v) is 1.44. The molecule has 1 heterocycles. The number of aliphatic hydroxyl groups is 1. The van der Waals surface area contributed by atoms with E-state index in [1.165, 1.54) is 0 Å². The molecule has 0 aromatic carbocycles. The van der Waals surface area contributed by atoms with E-state index >= 15 is 0 Å². The van der Waals surface area contributed by atoms with Gasteiger partial charge in [-0.15, -0.1) is 0 Å². The first kappa shape index (κ1) is 12.2. The zero-order valence-corrected chi connectivity index (χ0v) is 9.75. The van der Waals surface area contributed by atoms with Crippen LogP contribution in [-0.4, -0.2) is 27.2 Å². The second-order valence-electron chi connectivity index (χ2n) is 4.31. The third-order valence-corrected chi connectivity index (χ3v) is 3.00. The Hall–Kier alpha value is -0.870. The maximum absolute atomic E-state index is 10.1. The lowest BCUT2D eigenvalue weighted by molar-refractivity contribution is 0.00524. The van der Waals surface area contributed by atoms with Crippen LogP contribution >= 0.6 is 0 Å². The number of rotatable bonds is 6. The van der Waals surface area contributed by atoms with Crippen molar-refractivity contribution < 1.29 is 5.11 Å². The largest absolute Gasteiger partial charge is 0.389 e. The Bertz CT molecular complexity index is 269. The Morgan fingerprint density at radius 2 is 2.40 bits per heavy atom. The maximum atomic E-state index is 10.1. The van der Waals surface area contributed by atoms with Crippen LogP contribution in [0.5, 0.6) is 0 Å². The number of imidazole rings is 1. The van der Waals surface area contributed by atoms with E-state index in [0.29, 0.717) is 19.0 Å². The molecule has 0 spiro atoms. The van der Waals surface area contributed by atoms with Gasteiger partial charge in [-0.2, -0.15) is 0 Å². The van der Waals surface area contributed by atoms with Crippen molar-refractivity contribution >= 4 is 0 Å². The van der Waals surface area contributed by atoms with E-state index in [0.717, 1.165) is 12.2 Å². The molecule has 1 rings (SSSR count). The molecule has 0 radical (unpaired) electrons. The Kier molecular flexibility index (Phi) is 4.29. The number of hydrogen-bond acceptors (Lipinski definition) is 3. The molecule has 1 aromatic rings. The molecule has 3 N–H and O–H groups in total. The first-order valence-electron chi connectivity index (χ1n) is 5.47. The van der Waals surface area contributed by atoms with E-state index in [1.54, 1.807) is 12.4 Å². The standard InChI is InChI=1S/C11H21N3O/c1-4-9(2)11(3,15)8-12-7-10-13-5-6-14-10/h5-6,9,12,15H,4,7-8H2,1-3H3,(H,13,14). The molecule has 0 fully saturated rings. The molecule has 86 valence electrons. The molecule has 15 heavy (non-hydrogen) atoms. The molecule has 0 aliphatic carbocycles. The molecular weight excluding hydrogens is 190 g/mol. The molecule has 2 atom stereocenters. The summed E-state index contributed by atoms with van der Waals surface area (Å²) in [5.74, 6) is 1.19. The number of nitrogens with one attached hydrogen (secondary N) is 2. The van der Waals surface area contributed by atoms with Crippen LogP contribution in [-0.2, 0) is 6.54 Å². The van der Waals surface area contributed by atoms with Gasteiger partial charge < -0.3 is 15.4 Å². The van der Waals surface area contributed by atoms with Crippen molar-refractivity contribution in [3.63, 3.8) is 0 Å². The molecule has 0 bridgehead atoms. The molecule has 0 saturated carbocycles. The van der Waals surface area contributed by atoms with Gasteiger partial charge in [-0.3, -0.25) is 0 Å².